The molecule has 0 aromatic carbocycles. The van der Waals surface area contributed by atoms with Crippen LogP contribution in [0.15, 0.2) is 36.7 Å². The Bertz CT molecular complexity index is 787. The third-order valence-electron chi connectivity index (χ3n) is 7.52. The lowest BCUT2D eigenvalue weighted by Gasteiger charge is -2.37. The molecule has 2 aliphatic carbocycles. The van der Waals surface area contributed by atoms with Gasteiger partial charge in [-0.3, -0.25) is 19.8 Å². The second kappa shape index (κ2) is 10.8. The molecule has 2 saturated heterocycles. The molecule has 0 spiro atoms. The van der Waals surface area contributed by atoms with Crippen LogP contribution in [0.25, 0.3) is 0 Å². The number of hydrogen-bond donors (Lipinski definition) is 2. The summed E-state index contributed by atoms with van der Waals surface area (Å²) in [5, 5.41) is 6.83. The van der Waals surface area contributed by atoms with E-state index in [4.69, 9.17) is 0 Å². The summed E-state index contributed by atoms with van der Waals surface area (Å²) in [4.78, 5) is 14.4. The Hall–Kier alpha value is -1.86. The van der Waals surface area contributed by atoms with Crippen LogP contribution < -0.4 is 10.6 Å². The number of pyridine rings is 2. The molecule has 32 heavy (non-hydrogen) atoms. The second-order valence-electron chi connectivity index (χ2n) is 9.48. The van der Waals surface area contributed by atoms with Crippen molar-refractivity contribution >= 4 is 0 Å². The van der Waals surface area contributed by atoms with Gasteiger partial charge in [-0.1, -0.05) is 12.1 Å². The standard InChI is InChI=1S/2C13H19N3/c2*1-3-11-4-2-6-15-13(11)12(5-1)16-9-7-14-8-10-16/h2*2,4,6,12,14H,1,3,5,7-10H2/t2*12-/m10/s1. The maximum atomic E-state index is 4.61. The predicted octanol–water partition coefficient (Wildman–Crippen LogP) is 2.73. The molecule has 0 unspecified atom stereocenters. The maximum absolute atomic E-state index is 4.61. The summed E-state index contributed by atoms with van der Waals surface area (Å²) in [6, 6.07) is 9.78. The van der Waals surface area contributed by atoms with Crippen molar-refractivity contribution in [1.29, 1.82) is 0 Å². The van der Waals surface area contributed by atoms with Crippen molar-refractivity contribution in [3.8, 4) is 0 Å². The van der Waals surface area contributed by atoms with Gasteiger partial charge in [-0.05, 0) is 61.8 Å². The van der Waals surface area contributed by atoms with Gasteiger partial charge in [-0.2, -0.15) is 0 Å². The number of nitrogens with one attached hydrogen (secondary N) is 2. The van der Waals surface area contributed by atoms with Gasteiger partial charge in [-0.15, -0.1) is 0 Å². The Kier molecular flexibility index (Phi) is 7.44. The molecule has 0 amide bonds. The Morgan fingerprint density at radius 2 is 1.09 bits per heavy atom. The van der Waals surface area contributed by atoms with Gasteiger partial charge in [0.1, 0.15) is 0 Å². The molecule has 2 N–H and O–H groups in total. The van der Waals surface area contributed by atoms with Crippen molar-refractivity contribution in [1.82, 2.24) is 30.4 Å². The average Bonchev–Trinajstić information content (AvgIpc) is 2.89. The highest BCUT2D eigenvalue weighted by Gasteiger charge is 2.28. The summed E-state index contributed by atoms with van der Waals surface area (Å²) in [6.07, 6.45) is 11.5. The molecule has 2 atom stereocenters. The zero-order valence-corrected chi connectivity index (χ0v) is 19.3. The van der Waals surface area contributed by atoms with Crippen molar-refractivity contribution in [3.63, 3.8) is 0 Å². The molecule has 6 nitrogen and oxygen atoms in total. The number of aryl methyl sites for hydroxylation is 2. The second-order valence-corrected chi connectivity index (χ2v) is 9.48. The van der Waals surface area contributed by atoms with Crippen molar-refractivity contribution in [2.45, 2.75) is 50.6 Å². The minimum absolute atomic E-state index is 0.576. The molecule has 0 radical (unpaired) electrons. The summed E-state index contributed by atoms with van der Waals surface area (Å²) in [7, 11) is 0. The van der Waals surface area contributed by atoms with Crippen LogP contribution in [0.2, 0.25) is 0 Å². The summed E-state index contributed by atoms with van der Waals surface area (Å²) < 4.78 is 0. The van der Waals surface area contributed by atoms with Crippen LogP contribution in [-0.2, 0) is 12.8 Å². The highest BCUT2D eigenvalue weighted by molar-refractivity contribution is 5.26. The van der Waals surface area contributed by atoms with E-state index >= 15 is 0 Å². The predicted molar refractivity (Wildman–Crippen MR) is 129 cm³/mol. The summed E-state index contributed by atoms with van der Waals surface area (Å²) in [5.41, 5.74) is 5.63. The highest BCUT2D eigenvalue weighted by atomic mass is 15.2. The number of fused-ring (bicyclic) bond motifs is 2. The molecule has 4 heterocycles. The van der Waals surface area contributed by atoms with E-state index in [1.165, 1.54) is 87.2 Å². The van der Waals surface area contributed by atoms with Gasteiger partial charge in [0.25, 0.3) is 0 Å². The molecule has 2 fully saturated rings. The van der Waals surface area contributed by atoms with E-state index < -0.39 is 0 Å². The molecule has 172 valence electrons. The van der Waals surface area contributed by atoms with Gasteiger partial charge in [-0.25, -0.2) is 0 Å². The van der Waals surface area contributed by atoms with Crippen molar-refractivity contribution in [2.24, 2.45) is 0 Å². The number of nitrogens with zero attached hydrogens (tertiary/aromatic N) is 4. The van der Waals surface area contributed by atoms with Gasteiger partial charge >= 0.3 is 0 Å². The molecule has 2 aromatic heterocycles. The minimum Gasteiger partial charge on any atom is -0.314 e. The lowest BCUT2D eigenvalue weighted by atomic mass is 9.90. The Morgan fingerprint density at radius 1 is 0.656 bits per heavy atom. The van der Waals surface area contributed by atoms with Crippen LogP contribution in [-0.4, -0.2) is 72.1 Å². The van der Waals surface area contributed by atoms with E-state index in [2.05, 4.69) is 54.7 Å². The first-order chi connectivity index (χ1) is 15.9. The lowest BCUT2D eigenvalue weighted by Crippen LogP contribution is -2.46. The fraction of sp³-hybridized carbons (Fsp3) is 0.615. The van der Waals surface area contributed by atoms with E-state index in [1.807, 2.05) is 12.4 Å². The van der Waals surface area contributed by atoms with Crippen LogP contribution in [0.3, 0.4) is 0 Å². The fourth-order valence-electron chi connectivity index (χ4n) is 5.87. The molecular weight excluding hydrogens is 396 g/mol. The minimum atomic E-state index is 0.576. The van der Waals surface area contributed by atoms with Crippen LogP contribution in [0.4, 0.5) is 0 Å². The number of hydrogen-bond acceptors (Lipinski definition) is 6. The third kappa shape index (κ3) is 5.04. The van der Waals surface area contributed by atoms with Gasteiger partial charge in [0.15, 0.2) is 0 Å². The van der Waals surface area contributed by atoms with Gasteiger partial charge in [0.2, 0.25) is 0 Å². The third-order valence-corrected chi connectivity index (χ3v) is 7.52. The quantitative estimate of drug-likeness (QED) is 0.758. The first-order valence-corrected chi connectivity index (χ1v) is 12.7. The van der Waals surface area contributed by atoms with Crippen LogP contribution in [0.1, 0.15) is 60.3 Å². The molecule has 0 bridgehead atoms. The van der Waals surface area contributed by atoms with Crippen molar-refractivity contribution < 1.29 is 0 Å². The van der Waals surface area contributed by atoms with Crippen molar-refractivity contribution in [2.75, 3.05) is 52.4 Å². The van der Waals surface area contributed by atoms with E-state index in [0.29, 0.717) is 12.1 Å². The normalized spacial score (nSPS) is 26.4. The zero-order valence-electron chi connectivity index (χ0n) is 19.3. The first-order valence-electron chi connectivity index (χ1n) is 12.7. The largest absolute Gasteiger partial charge is 0.314 e. The maximum Gasteiger partial charge on any atom is 0.0607 e. The average molecular weight is 435 g/mol. The topological polar surface area (TPSA) is 56.3 Å². The van der Waals surface area contributed by atoms with E-state index in [9.17, 15) is 0 Å². The SMILES string of the molecule is c1cnc2c(c1)CCC[C@@H]2N1CCNCC1.c1cnc2c(c1)CCC[C@H]2N1CCNCC1. The van der Waals surface area contributed by atoms with Gasteiger partial charge in [0, 0.05) is 64.8 Å². The lowest BCUT2D eigenvalue weighted by molar-refractivity contribution is 0.154. The van der Waals surface area contributed by atoms with E-state index in [-0.39, 0.29) is 0 Å². The Balaban J connectivity index is 0.000000135. The summed E-state index contributed by atoms with van der Waals surface area (Å²) in [5.74, 6) is 0. The van der Waals surface area contributed by atoms with Crippen molar-refractivity contribution in [3.05, 3.63) is 59.2 Å². The van der Waals surface area contributed by atoms with Crippen LogP contribution >= 0.6 is 0 Å². The number of rotatable bonds is 2. The van der Waals surface area contributed by atoms with Gasteiger partial charge in [0.05, 0.1) is 23.5 Å². The molecule has 6 heteroatoms. The van der Waals surface area contributed by atoms with Crippen LogP contribution in [0.5, 0.6) is 0 Å². The molecule has 2 aliphatic heterocycles. The van der Waals surface area contributed by atoms with E-state index in [0.717, 1.165) is 26.2 Å². The Labute approximate surface area is 192 Å². The highest BCUT2D eigenvalue weighted by Crippen LogP contribution is 2.33. The fourth-order valence-corrected chi connectivity index (χ4v) is 5.87. The summed E-state index contributed by atoms with van der Waals surface area (Å²) in [6.45, 7) is 9.16. The smallest absolute Gasteiger partial charge is 0.0607 e. The first kappa shape index (κ1) is 22.0. The molecule has 2 aromatic rings. The van der Waals surface area contributed by atoms with Gasteiger partial charge < -0.3 is 10.6 Å². The van der Waals surface area contributed by atoms with E-state index in [1.54, 1.807) is 0 Å². The van der Waals surface area contributed by atoms with Crippen LogP contribution in [0, 0.1) is 0 Å². The monoisotopic (exact) mass is 434 g/mol. The summed E-state index contributed by atoms with van der Waals surface area (Å²) >= 11 is 0. The zero-order chi connectivity index (χ0) is 21.6. The Morgan fingerprint density at radius 3 is 1.53 bits per heavy atom. The molecule has 6 rings (SSSR count). The number of aromatic nitrogens is 2. The number of piperazine rings is 2. The molecule has 0 saturated carbocycles. The molecule has 4 aliphatic rings. The molecular formula is C26H38N6.